The van der Waals surface area contributed by atoms with Crippen molar-refractivity contribution < 1.29 is 22.4 Å². The average molecular weight is 529 g/mol. The fourth-order valence-electron chi connectivity index (χ4n) is 2.61. The first-order chi connectivity index (χ1) is 14.2. The number of carbonyl (C=O) groups excluding carboxylic acids is 1. The van der Waals surface area contributed by atoms with E-state index in [0.29, 0.717) is 20.7 Å². The Hall–Kier alpha value is -2.11. The van der Waals surface area contributed by atoms with Crippen molar-refractivity contribution in [1.82, 2.24) is 19.6 Å². The highest BCUT2D eigenvalue weighted by Crippen LogP contribution is 2.34. The second-order valence-electron chi connectivity index (χ2n) is 6.01. The maximum atomic E-state index is 13.2. The standard InChI is InChI=1S/C17H12BrCl2F4N5O/c18-9-6-28(5-8-3-1-2-4-10(8)19)27-17(9)25-11(30)7-29-14(16(23)24)12(20)13(26-29)15(21)22/h1-4,6,15-16H,5,7H2,(H,25,27,30). The van der Waals surface area contributed by atoms with Gasteiger partial charge in [-0.15, -0.1) is 0 Å². The molecule has 2 heterocycles. The first kappa shape index (κ1) is 22.6. The molecule has 3 rings (SSSR count). The van der Waals surface area contributed by atoms with E-state index in [9.17, 15) is 22.4 Å². The predicted octanol–water partition coefficient (Wildman–Crippen LogP) is 5.71. The maximum absolute atomic E-state index is 13.2. The number of benzene rings is 1. The van der Waals surface area contributed by atoms with Crippen LogP contribution in [0, 0.1) is 0 Å². The number of aromatic nitrogens is 4. The van der Waals surface area contributed by atoms with Gasteiger partial charge in [-0.25, -0.2) is 17.6 Å². The van der Waals surface area contributed by atoms with Gasteiger partial charge in [-0.1, -0.05) is 41.4 Å². The van der Waals surface area contributed by atoms with Crippen molar-refractivity contribution in [3.8, 4) is 0 Å². The number of anilines is 1. The highest BCUT2D eigenvalue weighted by atomic mass is 79.9. The van der Waals surface area contributed by atoms with Gasteiger partial charge in [-0.2, -0.15) is 10.2 Å². The molecule has 13 heteroatoms. The first-order valence-electron chi connectivity index (χ1n) is 8.26. The Morgan fingerprint density at radius 3 is 2.47 bits per heavy atom. The van der Waals surface area contributed by atoms with Crippen molar-refractivity contribution in [3.05, 3.63) is 61.9 Å². The fraction of sp³-hybridized carbons (Fsp3) is 0.235. The third-order valence-corrected chi connectivity index (χ3v) is 5.26. The molecule has 0 radical (unpaired) electrons. The lowest BCUT2D eigenvalue weighted by molar-refractivity contribution is -0.117. The van der Waals surface area contributed by atoms with Gasteiger partial charge in [-0.3, -0.25) is 14.2 Å². The number of hydrogen-bond donors (Lipinski definition) is 1. The highest BCUT2D eigenvalue weighted by molar-refractivity contribution is 9.10. The molecule has 0 unspecified atom stereocenters. The molecule has 1 aromatic carbocycles. The molecular formula is C17H12BrCl2F4N5O. The smallest absolute Gasteiger partial charge is 0.283 e. The Balaban J connectivity index is 1.75. The molecule has 1 amide bonds. The molecule has 0 saturated heterocycles. The SMILES string of the molecule is O=C(Cn1nc(C(F)F)c(Cl)c1C(F)F)Nc1nn(Cc2ccccc2Cl)cc1Br. The third kappa shape index (κ3) is 4.96. The Kier molecular flexibility index (Phi) is 7.04. The monoisotopic (exact) mass is 527 g/mol. The molecule has 0 saturated carbocycles. The van der Waals surface area contributed by atoms with Crippen LogP contribution in [0.25, 0.3) is 0 Å². The van der Waals surface area contributed by atoms with Gasteiger partial charge in [-0.05, 0) is 27.6 Å². The minimum atomic E-state index is -3.19. The lowest BCUT2D eigenvalue weighted by atomic mass is 10.2. The minimum absolute atomic E-state index is 0.109. The molecule has 0 spiro atoms. The van der Waals surface area contributed by atoms with Crippen LogP contribution in [0.1, 0.15) is 29.8 Å². The molecule has 0 aliphatic heterocycles. The van der Waals surface area contributed by atoms with Crippen molar-refractivity contribution in [1.29, 1.82) is 0 Å². The Morgan fingerprint density at radius 1 is 1.13 bits per heavy atom. The molecule has 0 aliphatic rings. The molecular weight excluding hydrogens is 517 g/mol. The zero-order chi connectivity index (χ0) is 22.0. The summed E-state index contributed by atoms with van der Waals surface area (Å²) in [6.07, 6.45) is -4.76. The van der Waals surface area contributed by atoms with E-state index in [4.69, 9.17) is 23.2 Å². The molecule has 160 valence electrons. The average Bonchev–Trinajstić information content (AvgIpc) is 3.16. The van der Waals surface area contributed by atoms with Crippen LogP contribution in [0.5, 0.6) is 0 Å². The molecule has 0 aliphatic carbocycles. The topological polar surface area (TPSA) is 64.7 Å². The summed E-state index contributed by atoms with van der Waals surface area (Å²) in [5, 5.41) is 9.63. The van der Waals surface area contributed by atoms with Crippen LogP contribution < -0.4 is 5.32 Å². The summed E-state index contributed by atoms with van der Waals surface area (Å²) in [5.74, 6) is -0.696. The van der Waals surface area contributed by atoms with Crippen molar-refractivity contribution in [2.75, 3.05) is 5.32 Å². The van der Waals surface area contributed by atoms with E-state index in [1.807, 2.05) is 12.1 Å². The summed E-state index contributed by atoms with van der Waals surface area (Å²) >= 11 is 14.9. The summed E-state index contributed by atoms with van der Waals surface area (Å²) in [6.45, 7) is -0.438. The molecule has 0 bridgehead atoms. The number of rotatable bonds is 7. The normalized spacial score (nSPS) is 11.5. The van der Waals surface area contributed by atoms with E-state index in [1.165, 1.54) is 4.68 Å². The quantitative estimate of drug-likeness (QED) is 0.399. The largest absolute Gasteiger partial charge is 0.307 e. The molecule has 6 nitrogen and oxygen atoms in total. The number of amides is 1. The summed E-state index contributed by atoms with van der Waals surface area (Å²) < 4.78 is 54.6. The number of nitrogens with zero attached hydrogens (tertiary/aromatic N) is 4. The van der Waals surface area contributed by atoms with Crippen molar-refractivity contribution >= 4 is 50.9 Å². The number of hydrogen-bond acceptors (Lipinski definition) is 3. The van der Waals surface area contributed by atoms with Crippen LogP contribution in [0.2, 0.25) is 10.0 Å². The molecule has 3 aromatic rings. The lowest BCUT2D eigenvalue weighted by Crippen LogP contribution is -2.21. The van der Waals surface area contributed by atoms with E-state index in [2.05, 4.69) is 31.4 Å². The molecule has 0 fully saturated rings. The Morgan fingerprint density at radius 2 is 1.83 bits per heavy atom. The van der Waals surface area contributed by atoms with Gasteiger partial charge in [0.25, 0.3) is 12.9 Å². The van der Waals surface area contributed by atoms with Gasteiger partial charge >= 0.3 is 0 Å². The van der Waals surface area contributed by atoms with Gasteiger partial charge in [0.1, 0.15) is 17.9 Å². The van der Waals surface area contributed by atoms with Gasteiger partial charge in [0.05, 0.1) is 16.0 Å². The van der Waals surface area contributed by atoms with E-state index >= 15 is 0 Å². The van der Waals surface area contributed by atoms with Gasteiger partial charge < -0.3 is 5.32 Å². The molecule has 30 heavy (non-hydrogen) atoms. The van der Waals surface area contributed by atoms with Crippen LogP contribution in [0.15, 0.2) is 34.9 Å². The summed E-state index contributed by atoms with van der Waals surface area (Å²) in [4.78, 5) is 12.3. The van der Waals surface area contributed by atoms with Crippen LogP contribution >= 0.6 is 39.1 Å². The third-order valence-electron chi connectivity index (χ3n) is 3.93. The van der Waals surface area contributed by atoms with Crippen LogP contribution in [-0.4, -0.2) is 25.5 Å². The zero-order valence-corrected chi connectivity index (χ0v) is 17.9. The molecule has 0 atom stereocenters. The Labute approximate surface area is 185 Å². The Bertz CT molecular complexity index is 1070. The molecule has 2 aromatic heterocycles. The fourth-order valence-corrected chi connectivity index (χ4v) is 3.52. The summed E-state index contributed by atoms with van der Waals surface area (Å²) in [6, 6.07) is 7.13. The summed E-state index contributed by atoms with van der Waals surface area (Å²) in [7, 11) is 0. The highest BCUT2D eigenvalue weighted by Gasteiger charge is 2.28. The van der Waals surface area contributed by atoms with Crippen molar-refractivity contribution in [2.24, 2.45) is 0 Å². The second kappa shape index (κ2) is 9.36. The summed E-state index contributed by atoms with van der Waals surface area (Å²) in [5.41, 5.74) is -1.17. The first-order valence-corrected chi connectivity index (χ1v) is 9.80. The van der Waals surface area contributed by atoms with Gasteiger partial charge in [0.2, 0.25) is 5.91 Å². The maximum Gasteiger partial charge on any atom is 0.283 e. The zero-order valence-electron chi connectivity index (χ0n) is 14.8. The van der Waals surface area contributed by atoms with E-state index in [1.54, 1.807) is 18.3 Å². The lowest BCUT2D eigenvalue weighted by Gasteiger charge is -2.07. The van der Waals surface area contributed by atoms with Crippen LogP contribution in [0.4, 0.5) is 23.4 Å². The van der Waals surface area contributed by atoms with E-state index < -0.39 is 41.7 Å². The number of halogens is 7. The predicted molar refractivity (Wildman–Crippen MR) is 106 cm³/mol. The van der Waals surface area contributed by atoms with Gasteiger partial charge in [0, 0.05) is 11.2 Å². The van der Waals surface area contributed by atoms with Gasteiger partial charge in [0.15, 0.2) is 5.82 Å². The van der Waals surface area contributed by atoms with Crippen LogP contribution in [0.3, 0.4) is 0 Å². The van der Waals surface area contributed by atoms with Crippen molar-refractivity contribution in [2.45, 2.75) is 25.9 Å². The number of carbonyl (C=O) groups is 1. The van der Waals surface area contributed by atoms with E-state index in [0.717, 1.165) is 5.56 Å². The number of alkyl halides is 4. The van der Waals surface area contributed by atoms with E-state index in [-0.39, 0.29) is 5.82 Å². The van der Waals surface area contributed by atoms with Crippen molar-refractivity contribution in [3.63, 3.8) is 0 Å². The molecule has 1 N–H and O–H groups in total. The second-order valence-corrected chi connectivity index (χ2v) is 7.65. The minimum Gasteiger partial charge on any atom is -0.307 e. The van der Waals surface area contributed by atoms with Crippen LogP contribution in [-0.2, 0) is 17.9 Å². The number of nitrogens with one attached hydrogen (secondary N) is 1.